The number of benzene rings is 2. The van der Waals surface area contributed by atoms with Gasteiger partial charge < -0.3 is 15.7 Å². The van der Waals surface area contributed by atoms with E-state index in [9.17, 15) is 9.90 Å². The van der Waals surface area contributed by atoms with Gasteiger partial charge in [0, 0.05) is 10.6 Å². The first-order valence-electron chi connectivity index (χ1n) is 6.94. The van der Waals surface area contributed by atoms with E-state index in [-0.39, 0.29) is 6.03 Å². The molecule has 0 aliphatic carbocycles. The molecule has 0 saturated heterocycles. The zero-order valence-corrected chi connectivity index (χ0v) is 13.7. The molecule has 0 bridgehead atoms. The second-order valence-electron chi connectivity index (χ2n) is 5.42. The number of thioether (sulfide) groups is 1. The van der Waals surface area contributed by atoms with Gasteiger partial charge in [-0.05, 0) is 49.9 Å². The molecule has 0 aromatic heterocycles. The Kier molecular flexibility index (Phi) is 5.11. The van der Waals surface area contributed by atoms with Gasteiger partial charge in [0.1, 0.15) is 0 Å². The van der Waals surface area contributed by atoms with E-state index in [0.717, 1.165) is 16.1 Å². The highest BCUT2D eigenvalue weighted by molar-refractivity contribution is 7.98. The van der Waals surface area contributed by atoms with Crippen molar-refractivity contribution in [1.82, 2.24) is 0 Å². The summed E-state index contributed by atoms with van der Waals surface area (Å²) in [5.74, 6) is 0. The van der Waals surface area contributed by atoms with Crippen molar-refractivity contribution in [2.24, 2.45) is 0 Å². The van der Waals surface area contributed by atoms with Crippen LogP contribution in [0.5, 0.6) is 0 Å². The lowest BCUT2D eigenvalue weighted by Crippen LogP contribution is -2.21. The summed E-state index contributed by atoms with van der Waals surface area (Å²) in [7, 11) is 0. The molecular weight excluding hydrogens is 296 g/mol. The molecular formula is C17H20N2O2S. The van der Waals surface area contributed by atoms with E-state index in [1.165, 1.54) is 0 Å². The van der Waals surface area contributed by atoms with Crippen LogP contribution in [0.25, 0.3) is 0 Å². The predicted molar refractivity (Wildman–Crippen MR) is 92.6 cm³/mol. The number of carbonyl (C=O) groups is 1. The lowest BCUT2D eigenvalue weighted by atomic mass is 9.98. The molecule has 2 aromatic carbocycles. The van der Waals surface area contributed by atoms with E-state index in [1.807, 2.05) is 36.6 Å². The fourth-order valence-electron chi connectivity index (χ4n) is 2.01. The van der Waals surface area contributed by atoms with Crippen LogP contribution in [0.15, 0.2) is 53.4 Å². The molecule has 0 unspecified atom stereocenters. The minimum absolute atomic E-state index is 0.311. The Labute approximate surface area is 134 Å². The van der Waals surface area contributed by atoms with Crippen molar-refractivity contribution in [3.8, 4) is 0 Å². The van der Waals surface area contributed by atoms with Crippen molar-refractivity contribution >= 4 is 29.2 Å². The Morgan fingerprint density at radius 1 is 1.09 bits per heavy atom. The largest absolute Gasteiger partial charge is 0.386 e. The molecule has 22 heavy (non-hydrogen) atoms. The summed E-state index contributed by atoms with van der Waals surface area (Å²) in [5.41, 5.74) is 1.21. The van der Waals surface area contributed by atoms with Crippen molar-refractivity contribution < 1.29 is 9.90 Å². The van der Waals surface area contributed by atoms with E-state index in [0.29, 0.717) is 5.69 Å². The number of hydrogen-bond donors (Lipinski definition) is 3. The van der Waals surface area contributed by atoms with Crippen LogP contribution < -0.4 is 10.6 Å². The lowest BCUT2D eigenvalue weighted by molar-refractivity contribution is 0.0786. The van der Waals surface area contributed by atoms with E-state index in [4.69, 9.17) is 0 Å². The van der Waals surface area contributed by atoms with Crippen LogP contribution in [0, 0.1) is 0 Å². The quantitative estimate of drug-likeness (QED) is 0.738. The van der Waals surface area contributed by atoms with E-state index >= 15 is 0 Å². The highest BCUT2D eigenvalue weighted by Crippen LogP contribution is 2.25. The molecule has 2 rings (SSSR count). The molecule has 0 spiro atoms. The summed E-state index contributed by atoms with van der Waals surface area (Å²) < 4.78 is 0. The number of nitrogens with one attached hydrogen (secondary N) is 2. The minimum Gasteiger partial charge on any atom is -0.386 e. The van der Waals surface area contributed by atoms with Gasteiger partial charge in [0.15, 0.2) is 0 Å². The Morgan fingerprint density at radius 2 is 1.82 bits per heavy atom. The van der Waals surface area contributed by atoms with Crippen molar-refractivity contribution in [3.63, 3.8) is 0 Å². The molecule has 3 N–H and O–H groups in total. The molecule has 0 fully saturated rings. The SMILES string of the molecule is CSc1ccccc1NC(=O)Nc1cccc(C(C)(C)O)c1. The van der Waals surface area contributed by atoms with Gasteiger partial charge in [0.05, 0.1) is 11.3 Å². The third-order valence-corrected chi connectivity index (χ3v) is 3.98. The van der Waals surface area contributed by atoms with Crippen molar-refractivity contribution in [2.75, 3.05) is 16.9 Å². The van der Waals surface area contributed by atoms with Crippen LogP contribution >= 0.6 is 11.8 Å². The molecule has 4 nitrogen and oxygen atoms in total. The van der Waals surface area contributed by atoms with Gasteiger partial charge in [0.25, 0.3) is 0 Å². The zero-order valence-electron chi connectivity index (χ0n) is 12.9. The third kappa shape index (κ3) is 4.26. The number of urea groups is 1. The summed E-state index contributed by atoms with van der Waals surface area (Å²) >= 11 is 1.57. The molecule has 0 saturated carbocycles. The van der Waals surface area contributed by atoms with Crippen molar-refractivity contribution in [1.29, 1.82) is 0 Å². The van der Waals surface area contributed by atoms with Crippen LogP contribution in [0.1, 0.15) is 19.4 Å². The monoisotopic (exact) mass is 316 g/mol. The van der Waals surface area contributed by atoms with Crippen LogP contribution in [-0.2, 0) is 5.60 Å². The Bertz CT molecular complexity index is 666. The first-order valence-corrected chi connectivity index (χ1v) is 8.16. The lowest BCUT2D eigenvalue weighted by Gasteiger charge is -2.18. The van der Waals surface area contributed by atoms with Crippen LogP contribution in [-0.4, -0.2) is 17.4 Å². The van der Waals surface area contributed by atoms with Crippen LogP contribution in [0.4, 0.5) is 16.2 Å². The summed E-state index contributed by atoms with van der Waals surface area (Å²) in [6, 6.07) is 14.5. The maximum atomic E-state index is 12.1. The van der Waals surface area contributed by atoms with E-state index < -0.39 is 5.60 Å². The standard InChI is InChI=1S/C17H20N2O2S/c1-17(2,21)12-7-6-8-13(11-12)18-16(20)19-14-9-4-5-10-15(14)22-3/h4-11,21H,1-3H3,(H2,18,19,20). The molecule has 0 radical (unpaired) electrons. The maximum absolute atomic E-state index is 12.1. The Hall–Kier alpha value is -1.98. The Morgan fingerprint density at radius 3 is 2.50 bits per heavy atom. The van der Waals surface area contributed by atoms with E-state index in [1.54, 1.807) is 43.8 Å². The fraction of sp³-hybridized carbons (Fsp3) is 0.235. The number of aliphatic hydroxyl groups is 1. The number of amides is 2. The van der Waals surface area contributed by atoms with Gasteiger partial charge in [-0.25, -0.2) is 4.79 Å². The molecule has 0 atom stereocenters. The van der Waals surface area contributed by atoms with Gasteiger partial charge >= 0.3 is 6.03 Å². The van der Waals surface area contributed by atoms with Gasteiger partial charge in [-0.3, -0.25) is 0 Å². The minimum atomic E-state index is -0.945. The van der Waals surface area contributed by atoms with Gasteiger partial charge in [-0.1, -0.05) is 24.3 Å². The molecule has 0 aliphatic heterocycles. The maximum Gasteiger partial charge on any atom is 0.323 e. The number of carbonyl (C=O) groups excluding carboxylic acids is 1. The second kappa shape index (κ2) is 6.85. The van der Waals surface area contributed by atoms with Gasteiger partial charge in [-0.15, -0.1) is 11.8 Å². The highest BCUT2D eigenvalue weighted by atomic mass is 32.2. The third-order valence-electron chi connectivity index (χ3n) is 3.18. The first-order chi connectivity index (χ1) is 10.4. The average molecular weight is 316 g/mol. The van der Waals surface area contributed by atoms with Crippen LogP contribution in [0.3, 0.4) is 0 Å². The van der Waals surface area contributed by atoms with Crippen LogP contribution in [0.2, 0.25) is 0 Å². The normalized spacial score (nSPS) is 11.1. The summed E-state index contributed by atoms with van der Waals surface area (Å²) in [6.45, 7) is 3.42. The van der Waals surface area contributed by atoms with Crippen molar-refractivity contribution in [2.45, 2.75) is 24.3 Å². The first kappa shape index (κ1) is 16.4. The molecule has 2 amide bonds. The average Bonchev–Trinajstić information content (AvgIpc) is 2.47. The van der Waals surface area contributed by atoms with Gasteiger partial charge in [-0.2, -0.15) is 0 Å². The number of hydrogen-bond acceptors (Lipinski definition) is 3. The topological polar surface area (TPSA) is 61.4 Å². The molecule has 5 heteroatoms. The number of rotatable bonds is 4. The van der Waals surface area contributed by atoms with Gasteiger partial charge in [0.2, 0.25) is 0 Å². The molecule has 2 aromatic rings. The molecule has 0 heterocycles. The number of anilines is 2. The fourth-order valence-corrected chi connectivity index (χ4v) is 2.56. The zero-order chi connectivity index (χ0) is 16.2. The second-order valence-corrected chi connectivity index (χ2v) is 6.27. The molecule has 0 aliphatic rings. The number of para-hydroxylation sites is 1. The van der Waals surface area contributed by atoms with Crippen molar-refractivity contribution in [3.05, 3.63) is 54.1 Å². The summed E-state index contributed by atoms with van der Waals surface area (Å²) in [6.07, 6.45) is 1.96. The Balaban J connectivity index is 2.09. The highest BCUT2D eigenvalue weighted by Gasteiger charge is 2.16. The predicted octanol–water partition coefficient (Wildman–Crippen LogP) is 4.28. The van der Waals surface area contributed by atoms with E-state index in [2.05, 4.69) is 10.6 Å². The smallest absolute Gasteiger partial charge is 0.323 e. The molecule has 116 valence electrons. The summed E-state index contributed by atoms with van der Waals surface area (Å²) in [5, 5.41) is 15.6. The summed E-state index contributed by atoms with van der Waals surface area (Å²) in [4.78, 5) is 13.1.